The first-order valence-corrected chi connectivity index (χ1v) is 7.86. The molecule has 0 amide bonds. The monoisotopic (exact) mass is 305 g/mol. The van der Waals surface area contributed by atoms with Crippen molar-refractivity contribution in [1.29, 1.82) is 0 Å². The number of piperazine rings is 1. The molecular formula is C17H27N3O2. The van der Waals surface area contributed by atoms with Gasteiger partial charge in [-0.15, -0.1) is 0 Å². The van der Waals surface area contributed by atoms with Gasteiger partial charge < -0.3 is 15.4 Å². The number of esters is 1. The van der Waals surface area contributed by atoms with E-state index in [2.05, 4.69) is 34.1 Å². The molecule has 1 saturated heterocycles. The van der Waals surface area contributed by atoms with Crippen molar-refractivity contribution >= 4 is 11.7 Å². The number of anilines is 1. The quantitative estimate of drug-likeness (QED) is 0.854. The van der Waals surface area contributed by atoms with E-state index in [1.807, 2.05) is 26.8 Å². The first kappa shape index (κ1) is 16.8. The van der Waals surface area contributed by atoms with Gasteiger partial charge in [0.2, 0.25) is 0 Å². The van der Waals surface area contributed by atoms with E-state index in [-0.39, 0.29) is 5.97 Å². The highest BCUT2D eigenvalue weighted by Crippen LogP contribution is 2.15. The Hall–Kier alpha value is -1.59. The molecule has 1 aromatic carbocycles. The van der Waals surface area contributed by atoms with E-state index >= 15 is 0 Å². The Labute approximate surface area is 133 Å². The van der Waals surface area contributed by atoms with Crippen LogP contribution in [0.3, 0.4) is 0 Å². The average Bonchev–Trinajstić information content (AvgIpc) is 2.47. The molecule has 2 rings (SSSR count). The fraction of sp³-hybridized carbons (Fsp3) is 0.588. The first-order chi connectivity index (χ1) is 10.3. The molecule has 1 aliphatic rings. The number of carbonyl (C=O) groups is 1. The Morgan fingerprint density at radius 2 is 1.77 bits per heavy atom. The lowest BCUT2D eigenvalue weighted by atomic mass is 10.2. The Bertz CT molecular complexity index is 476. The third-order valence-corrected chi connectivity index (χ3v) is 3.66. The van der Waals surface area contributed by atoms with E-state index in [1.54, 1.807) is 0 Å². The zero-order valence-corrected chi connectivity index (χ0v) is 13.8. The lowest BCUT2D eigenvalue weighted by Gasteiger charge is -2.37. The maximum Gasteiger partial charge on any atom is 0.324 e. The number of rotatable bonds is 4. The summed E-state index contributed by atoms with van der Waals surface area (Å²) in [6, 6.07) is 9.81. The van der Waals surface area contributed by atoms with Crippen LogP contribution in [0.2, 0.25) is 0 Å². The predicted molar refractivity (Wildman–Crippen MR) is 88.9 cm³/mol. The zero-order chi connectivity index (χ0) is 16.2. The molecular weight excluding hydrogens is 278 g/mol. The molecule has 22 heavy (non-hydrogen) atoms. The largest absolute Gasteiger partial charge is 0.459 e. The van der Waals surface area contributed by atoms with Gasteiger partial charge in [-0.25, -0.2) is 0 Å². The minimum atomic E-state index is -0.581. The molecule has 1 heterocycles. The number of nitrogens with two attached hydrogens (primary N) is 1. The van der Waals surface area contributed by atoms with Crippen molar-refractivity contribution in [1.82, 2.24) is 4.90 Å². The minimum absolute atomic E-state index is 0.321. The highest BCUT2D eigenvalue weighted by atomic mass is 16.6. The van der Waals surface area contributed by atoms with Crippen LogP contribution in [-0.4, -0.2) is 55.2 Å². The number of benzene rings is 1. The summed E-state index contributed by atoms with van der Waals surface area (Å²) in [4.78, 5) is 16.5. The Balaban J connectivity index is 1.79. The molecule has 5 nitrogen and oxygen atoms in total. The van der Waals surface area contributed by atoms with Crippen LogP contribution in [-0.2, 0) is 9.53 Å². The van der Waals surface area contributed by atoms with Gasteiger partial charge in [0.05, 0.1) is 0 Å². The fourth-order valence-electron chi connectivity index (χ4n) is 2.56. The summed E-state index contributed by atoms with van der Waals surface area (Å²) >= 11 is 0. The number of hydrogen-bond donors (Lipinski definition) is 1. The van der Waals surface area contributed by atoms with Crippen LogP contribution in [0, 0.1) is 0 Å². The van der Waals surface area contributed by atoms with Crippen molar-refractivity contribution in [3.8, 4) is 0 Å². The summed E-state index contributed by atoms with van der Waals surface area (Å²) in [5.74, 6) is -0.321. The van der Waals surface area contributed by atoms with Crippen molar-refractivity contribution in [2.45, 2.75) is 32.4 Å². The molecule has 5 heteroatoms. The van der Waals surface area contributed by atoms with Gasteiger partial charge in [-0.2, -0.15) is 0 Å². The molecule has 1 atom stereocenters. The highest BCUT2D eigenvalue weighted by molar-refractivity contribution is 5.76. The SMILES string of the molecule is CC(C)(C)OC(=O)C(N)CN1CCN(c2ccccc2)CC1. The summed E-state index contributed by atoms with van der Waals surface area (Å²) in [5, 5.41) is 0. The minimum Gasteiger partial charge on any atom is -0.459 e. The summed E-state index contributed by atoms with van der Waals surface area (Å²) in [6.45, 7) is 9.84. The van der Waals surface area contributed by atoms with Crippen molar-refractivity contribution < 1.29 is 9.53 Å². The standard InChI is InChI=1S/C17H27N3O2/c1-17(2,3)22-16(21)15(18)13-19-9-11-20(12-10-19)14-7-5-4-6-8-14/h4-8,15H,9-13,18H2,1-3H3. The van der Waals surface area contributed by atoms with E-state index in [1.165, 1.54) is 5.69 Å². The highest BCUT2D eigenvalue weighted by Gasteiger charge is 2.25. The van der Waals surface area contributed by atoms with Gasteiger partial charge in [0.25, 0.3) is 0 Å². The third-order valence-electron chi connectivity index (χ3n) is 3.66. The zero-order valence-electron chi connectivity index (χ0n) is 13.8. The molecule has 1 unspecified atom stereocenters. The molecule has 0 aliphatic carbocycles. The molecule has 1 aromatic rings. The Morgan fingerprint density at radius 3 is 2.32 bits per heavy atom. The number of hydrogen-bond acceptors (Lipinski definition) is 5. The number of ether oxygens (including phenoxy) is 1. The lowest BCUT2D eigenvalue weighted by molar-refractivity contribution is -0.156. The van der Waals surface area contributed by atoms with Gasteiger partial charge in [-0.05, 0) is 32.9 Å². The molecule has 0 spiro atoms. The van der Waals surface area contributed by atoms with E-state index in [9.17, 15) is 4.79 Å². The maximum absolute atomic E-state index is 11.9. The third kappa shape index (κ3) is 5.00. The molecule has 1 fully saturated rings. The molecule has 0 saturated carbocycles. The van der Waals surface area contributed by atoms with Crippen LogP contribution in [0.25, 0.3) is 0 Å². The Morgan fingerprint density at radius 1 is 1.18 bits per heavy atom. The summed E-state index contributed by atoms with van der Waals surface area (Å²) < 4.78 is 5.33. The van der Waals surface area contributed by atoms with Crippen molar-refractivity contribution in [2.75, 3.05) is 37.6 Å². The second-order valence-electron chi connectivity index (χ2n) is 6.76. The van der Waals surface area contributed by atoms with Crippen molar-refractivity contribution in [3.63, 3.8) is 0 Å². The van der Waals surface area contributed by atoms with E-state index in [4.69, 9.17) is 10.5 Å². The summed E-state index contributed by atoms with van der Waals surface area (Å²) in [5.41, 5.74) is 6.73. The second kappa shape index (κ2) is 7.11. The Kier molecular flexibility index (Phi) is 5.42. The topological polar surface area (TPSA) is 58.8 Å². The molecule has 1 aliphatic heterocycles. The average molecular weight is 305 g/mol. The first-order valence-electron chi connectivity index (χ1n) is 7.86. The van der Waals surface area contributed by atoms with Crippen LogP contribution in [0.1, 0.15) is 20.8 Å². The second-order valence-corrected chi connectivity index (χ2v) is 6.76. The number of para-hydroxylation sites is 1. The van der Waals surface area contributed by atoms with Gasteiger partial charge in [-0.1, -0.05) is 18.2 Å². The van der Waals surface area contributed by atoms with E-state index < -0.39 is 11.6 Å². The van der Waals surface area contributed by atoms with Crippen LogP contribution < -0.4 is 10.6 Å². The van der Waals surface area contributed by atoms with Gasteiger partial charge in [0.1, 0.15) is 11.6 Å². The van der Waals surface area contributed by atoms with E-state index in [0.717, 1.165) is 26.2 Å². The maximum atomic E-state index is 11.9. The van der Waals surface area contributed by atoms with Crippen LogP contribution in [0.15, 0.2) is 30.3 Å². The van der Waals surface area contributed by atoms with Gasteiger partial charge in [0, 0.05) is 38.4 Å². The fourth-order valence-corrected chi connectivity index (χ4v) is 2.56. The number of carbonyl (C=O) groups excluding carboxylic acids is 1. The van der Waals surface area contributed by atoms with Crippen molar-refractivity contribution in [3.05, 3.63) is 30.3 Å². The molecule has 0 aromatic heterocycles. The molecule has 2 N–H and O–H groups in total. The predicted octanol–water partition coefficient (Wildman–Crippen LogP) is 1.48. The van der Waals surface area contributed by atoms with Crippen LogP contribution >= 0.6 is 0 Å². The molecule has 0 radical (unpaired) electrons. The summed E-state index contributed by atoms with van der Waals surface area (Å²) in [7, 11) is 0. The van der Waals surface area contributed by atoms with Crippen molar-refractivity contribution in [2.24, 2.45) is 5.73 Å². The smallest absolute Gasteiger partial charge is 0.324 e. The summed E-state index contributed by atoms with van der Waals surface area (Å²) in [6.07, 6.45) is 0. The van der Waals surface area contributed by atoms with Crippen LogP contribution in [0.4, 0.5) is 5.69 Å². The van der Waals surface area contributed by atoms with Gasteiger partial charge >= 0.3 is 5.97 Å². The van der Waals surface area contributed by atoms with Gasteiger partial charge in [-0.3, -0.25) is 9.69 Å². The lowest BCUT2D eigenvalue weighted by Crippen LogP contribution is -2.52. The molecule has 122 valence electrons. The molecule has 0 bridgehead atoms. The van der Waals surface area contributed by atoms with Crippen LogP contribution in [0.5, 0.6) is 0 Å². The van der Waals surface area contributed by atoms with Gasteiger partial charge in [0.15, 0.2) is 0 Å². The van der Waals surface area contributed by atoms with E-state index in [0.29, 0.717) is 6.54 Å². The number of nitrogens with zero attached hydrogens (tertiary/aromatic N) is 2. The normalized spacial score (nSPS) is 18.1.